The number of nitrogens with zero attached hydrogens (tertiary/aromatic N) is 2. The van der Waals surface area contributed by atoms with Gasteiger partial charge < -0.3 is 10.6 Å². The van der Waals surface area contributed by atoms with Gasteiger partial charge in [0.25, 0.3) is 5.91 Å². The topological polar surface area (TPSA) is 91.4 Å². The number of hydrogen-bond acceptors (Lipinski definition) is 4. The zero-order valence-corrected chi connectivity index (χ0v) is 14.0. The summed E-state index contributed by atoms with van der Waals surface area (Å²) in [5.41, 5.74) is 1.13. The van der Waals surface area contributed by atoms with Crippen LogP contribution in [0.3, 0.4) is 0 Å². The van der Waals surface area contributed by atoms with Crippen molar-refractivity contribution in [3.05, 3.63) is 29.6 Å². The number of amides is 4. The lowest BCUT2D eigenvalue weighted by molar-refractivity contribution is -0.135. The van der Waals surface area contributed by atoms with Gasteiger partial charge in [-0.15, -0.1) is 0 Å². The van der Waals surface area contributed by atoms with E-state index in [1.807, 2.05) is 19.1 Å². The highest BCUT2D eigenvalue weighted by Crippen LogP contribution is 2.42. The molecule has 0 aromatic carbocycles. The maximum Gasteiger partial charge on any atom is 0.325 e. The van der Waals surface area contributed by atoms with Gasteiger partial charge in [-0.25, -0.2) is 4.79 Å². The minimum atomic E-state index is -0.842. The Bertz CT molecular complexity index is 669. The summed E-state index contributed by atoms with van der Waals surface area (Å²) in [6.07, 6.45) is 4.30. The smallest absolute Gasteiger partial charge is 0.325 e. The Morgan fingerprint density at radius 2 is 2.17 bits per heavy atom. The van der Waals surface area contributed by atoms with Crippen LogP contribution in [-0.4, -0.2) is 46.4 Å². The van der Waals surface area contributed by atoms with Gasteiger partial charge in [-0.3, -0.25) is 19.5 Å². The van der Waals surface area contributed by atoms with E-state index >= 15 is 0 Å². The second-order valence-corrected chi connectivity index (χ2v) is 6.71. The molecular formula is C17H22N4O3. The number of pyridine rings is 1. The summed E-state index contributed by atoms with van der Waals surface area (Å²) < 4.78 is 0. The fourth-order valence-corrected chi connectivity index (χ4v) is 2.99. The van der Waals surface area contributed by atoms with Crippen molar-refractivity contribution in [2.24, 2.45) is 5.92 Å². The van der Waals surface area contributed by atoms with Crippen LogP contribution in [0.4, 0.5) is 4.79 Å². The average Bonchev–Trinajstić information content (AvgIpc) is 3.36. The van der Waals surface area contributed by atoms with Crippen LogP contribution in [0, 0.1) is 12.8 Å². The number of aryl methyl sites for hydroxylation is 1. The number of imide groups is 1. The van der Waals surface area contributed by atoms with E-state index in [9.17, 15) is 14.4 Å². The van der Waals surface area contributed by atoms with E-state index in [0.29, 0.717) is 13.0 Å². The van der Waals surface area contributed by atoms with Gasteiger partial charge in [-0.05, 0) is 50.7 Å². The lowest BCUT2D eigenvalue weighted by atomic mass is 9.96. The Morgan fingerprint density at radius 3 is 2.79 bits per heavy atom. The van der Waals surface area contributed by atoms with Crippen molar-refractivity contribution >= 4 is 17.8 Å². The minimum Gasteiger partial charge on any atom is -0.354 e. The first-order valence-electron chi connectivity index (χ1n) is 8.22. The lowest BCUT2D eigenvalue weighted by Gasteiger charge is -2.20. The molecule has 128 valence electrons. The molecule has 1 saturated carbocycles. The van der Waals surface area contributed by atoms with Crippen LogP contribution in [0.25, 0.3) is 0 Å². The summed E-state index contributed by atoms with van der Waals surface area (Å²) in [7, 11) is 0. The second kappa shape index (κ2) is 6.22. The third-order valence-electron chi connectivity index (χ3n) is 4.71. The summed E-state index contributed by atoms with van der Waals surface area (Å²) in [4.78, 5) is 41.7. The van der Waals surface area contributed by atoms with E-state index in [4.69, 9.17) is 0 Å². The lowest BCUT2D eigenvalue weighted by Crippen LogP contribution is -2.47. The average molecular weight is 330 g/mol. The molecule has 2 fully saturated rings. The van der Waals surface area contributed by atoms with Gasteiger partial charge >= 0.3 is 6.03 Å². The predicted octanol–water partition coefficient (Wildman–Crippen LogP) is 0.769. The van der Waals surface area contributed by atoms with Crippen molar-refractivity contribution in [1.29, 1.82) is 0 Å². The van der Waals surface area contributed by atoms with Crippen LogP contribution in [0.5, 0.6) is 0 Å². The van der Waals surface area contributed by atoms with Gasteiger partial charge in [0, 0.05) is 18.4 Å². The molecule has 1 unspecified atom stereocenters. The number of nitrogens with one attached hydrogen (secondary N) is 2. The first kappa shape index (κ1) is 16.4. The number of carbonyl (C=O) groups excluding carboxylic acids is 3. The second-order valence-electron chi connectivity index (χ2n) is 6.71. The number of urea groups is 1. The summed E-state index contributed by atoms with van der Waals surface area (Å²) in [5, 5.41) is 5.48. The highest BCUT2D eigenvalue weighted by Gasteiger charge is 2.56. The fourth-order valence-electron chi connectivity index (χ4n) is 2.99. The monoisotopic (exact) mass is 330 g/mol. The van der Waals surface area contributed by atoms with Crippen molar-refractivity contribution in [1.82, 2.24) is 20.5 Å². The first-order valence-corrected chi connectivity index (χ1v) is 8.22. The standard InChI is InChI=1S/C17H22N4O3/c1-11-3-4-12(9-19-11)7-8-18-14(22)10-21-15(23)17(2,13-5-6-13)20-16(21)24/h3-4,9,13H,5-8,10H2,1-2H3,(H,18,22)(H,20,24). The van der Waals surface area contributed by atoms with Crippen LogP contribution in [0.2, 0.25) is 0 Å². The Hall–Kier alpha value is -2.44. The normalized spacial score (nSPS) is 23.3. The number of hydrogen-bond donors (Lipinski definition) is 2. The van der Waals surface area contributed by atoms with Gasteiger partial charge in [-0.2, -0.15) is 0 Å². The third kappa shape index (κ3) is 3.25. The zero-order valence-electron chi connectivity index (χ0n) is 14.0. The molecule has 2 heterocycles. The molecular weight excluding hydrogens is 308 g/mol. The van der Waals surface area contributed by atoms with Crippen molar-refractivity contribution in [2.75, 3.05) is 13.1 Å². The SMILES string of the molecule is Cc1ccc(CCNC(=O)CN2C(=O)NC(C)(C3CC3)C2=O)cn1. The molecule has 1 saturated heterocycles. The molecule has 1 aliphatic heterocycles. The van der Waals surface area contributed by atoms with Crippen molar-refractivity contribution in [2.45, 2.75) is 38.6 Å². The van der Waals surface area contributed by atoms with Gasteiger partial charge in [0.2, 0.25) is 5.91 Å². The van der Waals surface area contributed by atoms with E-state index in [-0.39, 0.29) is 24.3 Å². The Kier molecular flexibility index (Phi) is 4.26. The van der Waals surface area contributed by atoms with E-state index in [1.54, 1.807) is 13.1 Å². The molecule has 24 heavy (non-hydrogen) atoms. The van der Waals surface area contributed by atoms with Crippen LogP contribution in [0.1, 0.15) is 31.0 Å². The minimum absolute atomic E-state index is 0.191. The molecule has 3 rings (SSSR count). The largest absolute Gasteiger partial charge is 0.354 e. The van der Waals surface area contributed by atoms with E-state index < -0.39 is 11.6 Å². The summed E-state index contributed by atoms with van der Waals surface area (Å²) >= 11 is 0. The quantitative estimate of drug-likeness (QED) is 0.754. The van der Waals surface area contributed by atoms with E-state index in [0.717, 1.165) is 29.0 Å². The maximum absolute atomic E-state index is 12.4. The molecule has 2 N–H and O–H groups in total. The van der Waals surface area contributed by atoms with Gasteiger partial charge in [0.1, 0.15) is 12.1 Å². The van der Waals surface area contributed by atoms with Crippen LogP contribution < -0.4 is 10.6 Å². The van der Waals surface area contributed by atoms with Crippen molar-refractivity contribution in [3.63, 3.8) is 0 Å². The number of carbonyl (C=O) groups is 3. The molecule has 1 aliphatic carbocycles. The molecule has 0 radical (unpaired) electrons. The molecule has 1 aromatic heterocycles. The Labute approximate surface area is 140 Å². The highest BCUT2D eigenvalue weighted by atomic mass is 16.2. The first-order chi connectivity index (χ1) is 11.4. The number of rotatable bonds is 6. The predicted molar refractivity (Wildman–Crippen MR) is 87.1 cm³/mol. The molecule has 2 aliphatic rings. The van der Waals surface area contributed by atoms with E-state index in [1.165, 1.54) is 0 Å². The molecule has 1 atom stereocenters. The van der Waals surface area contributed by atoms with Gasteiger partial charge in [0.15, 0.2) is 0 Å². The molecule has 4 amide bonds. The summed E-state index contributed by atoms with van der Waals surface area (Å²) in [6, 6.07) is 3.41. The van der Waals surface area contributed by atoms with E-state index in [2.05, 4.69) is 15.6 Å². The Morgan fingerprint density at radius 1 is 1.42 bits per heavy atom. The van der Waals surface area contributed by atoms with Crippen molar-refractivity contribution < 1.29 is 14.4 Å². The zero-order chi connectivity index (χ0) is 17.3. The fraction of sp³-hybridized carbons (Fsp3) is 0.529. The Balaban J connectivity index is 1.49. The van der Waals surface area contributed by atoms with Crippen molar-refractivity contribution in [3.8, 4) is 0 Å². The molecule has 1 aromatic rings. The third-order valence-corrected chi connectivity index (χ3v) is 4.71. The van der Waals surface area contributed by atoms with Crippen LogP contribution >= 0.6 is 0 Å². The molecule has 0 spiro atoms. The molecule has 7 heteroatoms. The number of aromatic nitrogens is 1. The van der Waals surface area contributed by atoms with Gasteiger partial charge in [0.05, 0.1) is 0 Å². The highest BCUT2D eigenvalue weighted by molar-refractivity contribution is 6.09. The van der Waals surface area contributed by atoms with Crippen LogP contribution in [0.15, 0.2) is 18.3 Å². The van der Waals surface area contributed by atoms with Crippen LogP contribution in [-0.2, 0) is 16.0 Å². The molecule has 0 bridgehead atoms. The summed E-state index contributed by atoms with van der Waals surface area (Å²) in [5.74, 6) is -0.442. The maximum atomic E-state index is 12.4. The summed E-state index contributed by atoms with van der Waals surface area (Å²) in [6.45, 7) is 3.86. The molecule has 7 nitrogen and oxygen atoms in total. The van der Waals surface area contributed by atoms with Gasteiger partial charge in [-0.1, -0.05) is 6.07 Å².